The van der Waals surface area contributed by atoms with Gasteiger partial charge in [-0.2, -0.15) is 0 Å². The Balaban J connectivity index is 1.66. The molecule has 0 saturated carbocycles. The van der Waals surface area contributed by atoms with Crippen LogP contribution in [0.5, 0.6) is 0 Å². The summed E-state index contributed by atoms with van der Waals surface area (Å²) in [4.78, 5) is 27.1. The van der Waals surface area contributed by atoms with Gasteiger partial charge in [0.05, 0.1) is 0 Å². The van der Waals surface area contributed by atoms with Gasteiger partial charge in [0.2, 0.25) is 0 Å². The molecule has 31 heavy (non-hydrogen) atoms. The van der Waals surface area contributed by atoms with E-state index in [4.69, 9.17) is 4.74 Å². The summed E-state index contributed by atoms with van der Waals surface area (Å²) in [5, 5.41) is 0. The summed E-state index contributed by atoms with van der Waals surface area (Å²) < 4.78 is 5.40. The number of aryl methyl sites for hydroxylation is 1. The molecule has 0 aliphatic heterocycles. The van der Waals surface area contributed by atoms with Crippen molar-refractivity contribution in [1.29, 1.82) is 0 Å². The van der Waals surface area contributed by atoms with Crippen LogP contribution in [0.25, 0.3) is 6.08 Å². The molecule has 158 valence electrons. The van der Waals surface area contributed by atoms with Gasteiger partial charge in [-0.15, -0.1) is 0 Å². The summed E-state index contributed by atoms with van der Waals surface area (Å²) in [6.07, 6.45) is 2.15. The predicted molar refractivity (Wildman–Crippen MR) is 123 cm³/mol. The molecule has 0 heterocycles. The molecule has 1 unspecified atom stereocenters. The van der Waals surface area contributed by atoms with E-state index in [0.29, 0.717) is 13.1 Å². The monoisotopic (exact) mass is 413 g/mol. The molecular formula is C27H27NO3. The molecule has 3 aromatic rings. The van der Waals surface area contributed by atoms with Gasteiger partial charge in [-0.1, -0.05) is 90.5 Å². The Hall–Kier alpha value is -3.66. The lowest BCUT2D eigenvalue weighted by Gasteiger charge is -2.26. The van der Waals surface area contributed by atoms with Gasteiger partial charge in [-0.05, 0) is 36.6 Å². The van der Waals surface area contributed by atoms with E-state index in [1.165, 1.54) is 6.08 Å². The second-order valence-corrected chi connectivity index (χ2v) is 7.49. The first-order valence-corrected chi connectivity index (χ1v) is 10.3. The molecule has 3 aromatic carbocycles. The highest BCUT2D eigenvalue weighted by Crippen LogP contribution is 2.13. The summed E-state index contributed by atoms with van der Waals surface area (Å²) >= 11 is 0. The summed E-state index contributed by atoms with van der Waals surface area (Å²) in [5.41, 5.74) is 4.08. The lowest BCUT2D eigenvalue weighted by atomic mass is 10.1. The minimum absolute atomic E-state index is 0.232. The zero-order valence-electron chi connectivity index (χ0n) is 17.9. The first-order chi connectivity index (χ1) is 15.0. The van der Waals surface area contributed by atoms with Crippen molar-refractivity contribution >= 4 is 18.0 Å². The number of benzene rings is 3. The average molecular weight is 414 g/mol. The smallest absolute Gasteiger partial charge is 0.331 e. The molecule has 0 bridgehead atoms. The van der Waals surface area contributed by atoms with Crippen LogP contribution < -0.4 is 0 Å². The van der Waals surface area contributed by atoms with Gasteiger partial charge >= 0.3 is 5.97 Å². The Labute approximate surface area is 183 Å². The maximum Gasteiger partial charge on any atom is 0.331 e. The van der Waals surface area contributed by atoms with E-state index >= 15 is 0 Å². The van der Waals surface area contributed by atoms with Crippen LogP contribution >= 0.6 is 0 Å². The number of esters is 1. The molecule has 4 heteroatoms. The van der Waals surface area contributed by atoms with Crippen LogP contribution in [0.15, 0.2) is 91.0 Å². The van der Waals surface area contributed by atoms with Crippen LogP contribution in [-0.4, -0.2) is 22.9 Å². The van der Waals surface area contributed by atoms with Crippen LogP contribution in [0, 0.1) is 6.92 Å². The molecule has 0 radical (unpaired) electrons. The van der Waals surface area contributed by atoms with Crippen molar-refractivity contribution in [2.45, 2.75) is 33.0 Å². The summed E-state index contributed by atoms with van der Waals surface area (Å²) in [7, 11) is 0. The highest BCUT2D eigenvalue weighted by molar-refractivity contribution is 5.90. The quantitative estimate of drug-likeness (QED) is 0.378. The first kappa shape index (κ1) is 22.0. The molecule has 0 saturated heterocycles. The number of carbonyl (C=O) groups excluding carboxylic acids is 2. The molecule has 0 aliphatic carbocycles. The zero-order chi connectivity index (χ0) is 22.1. The second-order valence-electron chi connectivity index (χ2n) is 7.49. The van der Waals surface area contributed by atoms with Crippen LogP contribution in [-0.2, 0) is 27.4 Å². The number of carbonyl (C=O) groups is 2. The van der Waals surface area contributed by atoms with E-state index in [2.05, 4.69) is 0 Å². The van der Waals surface area contributed by atoms with Crippen LogP contribution in [0.1, 0.15) is 29.2 Å². The highest BCUT2D eigenvalue weighted by atomic mass is 16.5. The number of hydrogen-bond acceptors (Lipinski definition) is 3. The maximum absolute atomic E-state index is 13.1. The molecule has 1 atom stereocenters. The van der Waals surface area contributed by atoms with Gasteiger partial charge in [0, 0.05) is 19.2 Å². The molecule has 1 amide bonds. The Morgan fingerprint density at radius 3 is 1.87 bits per heavy atom. The van der Waals surface area contributed by atoms with Crippen LogP contribution in [0.4, 0.5) is 0 Å². The lowest BCUT2D eigenvalue weighted by molar-refractivity contribution is -0.156. The summed E-state index contributed by atoms with van der Waals surface area (Å²) in [6, 6.07) is 27.4. The molecule has 4 nitrogen and oxygen atoms in total. The minimum atomic E-state index is -0.886. The largest absolute Gasteiger partial charge is 0.449 e. The fourth-order valence-electron chi connectivity index (χ4n) is 3.18. The zero-order valence-corrected chi connectivity index (χ0v) is 17.9. The normalized spacial score (nSPS) is 11.8. The molecule has 0 aromatic heterocycles. The Morgan fingerprint density at radius 2 is 1.35 bits per heavy atom. The van der Waals surface area contributed by atoms with E-state index < -0.39 is 12.1 Å². The molecule has 0 N–H and O–H groups in total. The Bertz CT molecular complexity index is 970. The van der Waals surface area contributed by atoms with E-state index in [0.717, 1.165) is 22.3 Å². The molecule has 0 aliphatic rings. The lowest BCUT2D eigenvalue weighted by Crippen LogP contribution is -2.39. The van der Waals surface area contributed by atoms with Gasteiger partial charge in [0.1, 0.15) is 0 Å². The molecule has 0 spiro atoms. The highest BCUT2D eigenvalue weighted by Gasteiger charge is 2.23. The van der Waals surface area contributed by atoms with E-state index in [9.17, 15) is 9.59 Å². The predicted octanol–water partition coefficient (Wildman–Crippen LogP) is 5.17. The van der Waals surface area contributed by atoms with E-state index in [-0.39, 0.29) is 5.91 Å². The topological polar surface area (TPSA) is 46.6 Å². The maximum atomic E-state index is 13.1. The summed E-state index contributed by atoms with van der Waals surface area (Å²) in [6.45, 7) is 4.50. The number of rotatable bonds is 8. The number of hydrogen-bond donors (Lipinski definition) is 0. The Morgan fingerprint density at radius 1 is 0.839 bits per heavy atom. The third kappa shape index (κ3) is 6.96. The van der Waals surface area contributed by atoms with Gasteiger partial charge < -0.3 is 9.64 Å². The van der Waals surface area contributed by atoms with Crippen molar-refractivity contribution in [3.8, 4) is 0 Å². The fourth-order valence-corrected chi connectivity index (χ4v) is 3.18. The third-order valence-electron chi connectivity index (χ3n) is 4.87. The van der Waals surface area contributed by atoms with Gasteiger partial charge in [0.15, 0.2) is 6.10 Å². The SMILES string of the molecule is Cc1ccc(/C=C/C(=O)OC(C)C(=O)N(Cc2ccccc2)Cc2ccccc2)cc1. The molecular weight excluding hydrogens is 386 g/mol. The number of nitrogens with zero attached hydrogens (tertiary/aromatic N) is 1. The Kier molecular flexibility index (Phi) is 7.77. The molecule has 3 rings (SSSR count). The number of ether oxygens (including phenoxy) is 1. The average Bonchev–Trinajstić information content (AvgIpc) is 2.79. The van der Waals surface area contributed by atoms with Crippen molar-refractivity contribution in [3.63, 3.8) is 0 Å². The van der Waals surface area contributed by atoms with Crippen molar-refractivity contribution in [3.05, 3.63) is 113 Å². The van der Waals surface area contributed by atoms with Gasteiger partial charge in [-0.25, -0.2) is 4.79 Å². The van der Waals surface area contributed by atoms with Gasteiger partial charge in [0.25, 0.3) is 5.91 Å². The standard InChI is InChI=1S/C27H27NO3/c1-21-13-15-23(16-14-21)17-18-26(29)31-22(2)27(30)28(19-24-9-5-3-6-10-24)20-25-11-7-4-8-12-25/h3-18,22H,19-20H2,1-2H3/b18-17+. The van der Waals surface area contributed by atoms with Crippen molar-refractivity contribution in [1.82, 2.24) is 4.90 Å². The first-order valence-electron chi connectivity index (χ1n) is 10.3. The summed E-state index contributed by atoms with van der Waals surface area (Å²) in [5.74, 6) is -0.773. The van der Waals surface area contributed by atoms with Crippen molar-refractivity contribution < 1.29 is 14.3 Å². The van der Waals surface area contributed by atoms with E-state index in [1.807, 2.05) is 91.9 Å². The third-order valence-corrected chi connectivity index (χ3v) is 4.87. The van der Waals surface area contributed by atoms with Crippen LogP contribution in [0.3, 0.4) is 0 Å². The van der Waals surface area contributed by atoms with Crippen LogP contribution in [0.2, 0.25) is 0 Å². The minimum Gasteiger partial charge on any atom is -0.449 e. The molecule has 0 fully saturated rings. The van der Waals surface area contributed by atoms with Crippen molar-refractivity contribution in [2.24, 2.45) is 0 Å². The second kappa shape index (κ2) is 10.9. The van der Waals surface area contributed by atoms with E-state index in [1.54, 1.807) is 17.9 Å². The number of amides is 1. The van der Waals surface area contributed by atoms with Gasteiger partial charge in [-0.3, -0.25) is 4.79 Å². The fraction of sp³-hybridized carbons (Fsp3) is 0.185. The van der Waals surface area contributed by atoms with Crippen molar-refractivity contribution in [2.75, 3.05) is 0 Å².